The van der Waals surface area contributed by atoms with Gasteiger partial charge in [-0.1, -0.05) is 20.8 Å². The normalized spacial score (nSPS) is 40.0. The van der Waals surface area contributed by atoms with E-state index in [0.29, 0.717) is 24.9 Å². The van der Waals surface area contributed by atoms with Crippen LogP contribution in [0, 0.1) is 17.3 Å². The van der Waals surface area contributed by atoms with Gasteiger partial charge in [-0.3, -0.25) is 0 Å². The van der Waals surface area contributed by atoms with Crippen molar-refractivity contribution in [3.63, 3.8) is 0 Å². The van der Waals surface area contributed by atoms with Crippen LogP contribution in [0.3, 0.4) is 0 Å². The smallest absolute Gasteiger partial charge is 0.282 e. The molecule has 0 aromatic heterocycles. The lowest BCUT2D eigenvalue weighted by atomic mass is 9.57. The maximum Gasteiger partial charge on any atom is 0.282 e. The minimum absolute atomic E-state index is 0.0623. The van der Waals surface area contributed by atoms with Crippen molar-refractivity contribution in [2.45, 2.75) is 52.2 Å². The molecule has 0 aromatic carbocycles. The molecule has 21 heavy (non-hydrogen) atoms. The molecule has 1 saturated carbocycles. The van der Waals surface area contributed by atoms with Crippen LogP contribution in [-0.2, 0) is 14.9 Å². The topological polar surface area (TPSA) is 49.9 Å². The summed E-state index contributed by atoms with van der Waals surface area (Å²) in [5.41, 5.74) is -0.0929. The van der Waals surface area contributed by atoms with E-state index >= 15 is 0 Å². The summed E-state index contributed by atoms with van der Waals surface area (Å²) in [5, 5.41) is 0. The van der Waals surface area contributed by atoms with Crippen molar-refractivity contribution in [3.05, 3.63) is 0 Å². The van der Waals surface area contributed by atoms with Crippen LogP contribution in [0.25, 0.3) is 0 Å². The Kier molecular flexibility index (Phi) is 3.88. The fourth-order valence-electron chi connectivity index (χ4n) is 4.72. The number of hydrogen-bond acceptors (Lipinski definition) is 3. The predicted molar refractivity (Wildman–Crippen MR) is 82.1 cm³/mol. The van der Waals surface area contributed by atoms with E-state index in [2.05, 4.69) is 20.8 Å². The predicted octanol–water partition coefficient (Wildman–Crippen LogP) is 1.71. The lowest BCUT2D eigenvalue weighted by Gasteiger charge is -2.57. The molecule has 2 saturated heterocycles. The number of rotatable bonds is 3. The molecular formula is C15H28N2O3S. The minimum Gasteiger partial charge on any atom is -0.377 e. The second-order valence-corrected chi connectivity index (χ2v) is 9.63. The first-order valence-electron chi connectivity index (χ1n) is 8.11. The Labute approximate surface area is 128 Å². The second-order valence-electron chi connectivity index (χ2n) is 7.64. The Hall–Kier alpha value is -0.170. The Balaban J connectivity index is 1.79. The average Bonchev–Trinajstić information content (AvgIpc) is 2.84. The van der Waals surface area contributed by atoms with Gasteiger partial charge in [0.25, 0.3) is 10.2 Å². The number of fused-ring (bicyclic) bond motifs is 1. The SMILES string of the molecule is C[C@@H]1CCCN(S(=O)(=O)N(C)[C@@H]2[C@H]3CCO[C@@H]3C2(C)C)C1. The van der Waals surface area contributed by atoms with Crippen LogP contribution < -0.4 is 0 Å². The van der Waals surface area contributed by atoms with Gasteiger partial charge in [0.05, 0.1) is 6.10 Å². The van der Waals surface area contributed by atoms with Gasteiger partial charge in [-0.05, 0) is 25.2 Å². The summed E-state index contributed by atoms with van der Waals surface area (Å²) >= 11 is 0. The van der Waals surface area contributed by atoms with Crippen LogP contribution in [0.5, 0.6) is 0 Å². The molecule has 122 valence electrons. The zero-order chi connectivity index (χ0) is 15.4. The molecule has 2 heterocycles. The fourth-order valence-corrected chi connectivity index (χ4v) is 6.60. The average molecular weight is 316 g/mol. The van der Waals surface area contributed by atoms with Gasteiger partial charge in [-0.15, -0.1) is 0 Å². The van der Waals surface area contributed by atoms with Gasteiger partial charge >= 0.3 is 0 Å². The highest BCUT2D eigenvalue weighted by molar-refractivity contribution is 7.86. The number of hydrogen-bond donors (Lipinski definition) is 0. The van der Waals surface area contributed by atoms with E-state index in [9.17, 15) is 8.42 Å². The minimum atomic E-state index is -3.35. The molecule has 3 aliphatic rings. The second kappa shape index (κ2) is 5.18. The zero-order valence-electron chi connectivity index (χ0n) is 13.6. The van der Waals surface area contributed by atoms with E-state index in [1.54, 1.807) is 15.7 Å². The molecule has 3 fully saturated rings. The third-order valence-corrected chi connectivity index (χ3v) is 7.68. The molecule has 0 amide bonds. The summed E-state index contributed by atoms with van der Waals surface area (Å²) in [7, 11) is -1.59. The van der Waals surface area contributed by atoms with Gasteiger partial charge in [-0.2, -0.15) is 17.0 Å². The molecule has 0 aromatic rings. The van der Waals surface area contributed by atoms with E-state index in [1.165, 1.54) is 0 Å². The van der Waals surface area contributed by atoms with Crippen LogP contribution in [-0.4, -0.2) is 55.9 Å². The molecule has 0 unspecified atom stereocenters. The standard InChI is InChI=1S/C15H28N2O3S/c1-11-6-5-8-17(10-11)21(18,19)16(4)13-12-7-9-20-14(12)15(13,2)3/h11-14H,5-10H2,1-4H3/t11-,12-,13-,14+/m1/s1. The Morgan fingerprint density at radius 1 is 1.29 bits per heavy atom. The molecule has 0 radical (unpaired) electrons. The molecule has 1 aliphatic carbocycles. The van der Waals surface area contributed by atoms with Crippen LogP contribution >= 0.6 is 0 Å². The van der Waals surface area contributed by atoms with Crippen molar-refractivity contribution in [2.75, 3.05) is 26.7 Å². The van der Waals surface area contributed by atoms with E-state index < -0.39 is 10.2 Å². The molecule has 0 bridgehead atoms. The van der Waals surface area contributed by atoms with Crippen LogP contribution in [0.15, 0.2) is 0 Å². The van der Waals surface area contributed by atoms with E-state index in [1.807, 2.05) is 0 Å². The first-order chi connectivity index (χ1) is 9.76. The summed E-state index contributed by atoms with van der Waals surface area (Å²) in [4.78, 5) is 0. The lowest BCUT2D eigenvalue weighted by Crippen LogP contribution is -2.68. The maximum atomic E-state index is 13.0. The van der Waals surface area contributed by atoms with E-state index in [0.717, 1.165) is 25.9 Å². The van der Waals surface area contributed by atoms with Crippen molar-refractivity contribution < 1.29 is 13.2 Å². The fraction of sp³-hybridized carbons (Fsp3) is 1.00. The summed E-state index contributed by atoms with van der Waals surface area (Å²) in [6.07, 6.45) is 3.30. The van der Waals surface area contributed by atoms with E-state index in [-0.39, 0.29) is 17.6 Å². The Bertz CT molecular complexity index is 505. The van der Waals surface area contributed by atoms with Crippen molar-refractivity contribution in [1.82, 2.24) is 8.61 Å². The maximum absolute atomic E-state index is 13.0. The molecule has 4 atom stereocenters. The van der Waals surface area contributed by atoms with Crippen molar-refractivity contribution in [2.24, 2.45) is 17.3 Å². The van der Waals surface area contributed by atoms with Crippen LogP contribution in [0.2, 0.25) is 0 Å². The molecular weight excluding hydrogens is 288 g/mol. The van der Waals surface area contributed by atoms with Gasteiger partial charge in [0.15, 0.2) is 0 Å². The molecule has 2 aliphatic heterocycles. The van der Waals surface area contributed by atoms with Gasteiger partial charge < -0.3 is 4.74 Å². The first-order valence-corrected chi connectivity index (χ1v) is 9.50. The third-order valence-electron chi connectivity index (χ3n) is 5.74. The molecule has 5 nitrogen and oxygen atoms in total. The van der Waals surface area contributed by atoms with Gasteiger partial charge in [-0.25, -0.2) is 0 Å². The van der Waals surface area contributed by atoms with Gasteiger partial charge in [0, 0.05) is 44.1 Å². The monoisotopic (exact) mass is 316 g/mol. The molecule has 3 rings (SSSR count). The van der Waals surface area contributed by atoms with Crippen LogP contribution in [0.4, 0.5) is 0 Å². The molecule has 6 heteroatoms. The highest BCUT2D eigenvalue weighted by Crippen LogP contribution is 2.54. The number of ether oxygens (including phenoxy) is 1. The summed E-state index contributed by atoms with van der Waals surface area (Å²) in [6.45, 7) is 8.49. The largest absolute Gasteiger partial charge is 0.377 e. The van der Waals surface area contributed by atoms with Crippen molar-refractivity contribution >= 4 is 10.2 Å². The zero-order valence-corrected chi connectivity index (χ0v) is 14.4. The first kappa shape index (κ1) is 15.7. The molecule has 0 spiro atoms. The van der Waals surface area contributed by atoms with Gasteiger partial charge in [0.2, 0.25) is 0 Å². The summed E-state index contributed by atoms with van der Waals surface area (Å²) < 4.78 is 35.0. The number of piperidine rings is 1. The van der Waals surface area contributed by atoms with Crippen molar-refractivity contribution in [1.29, 1.82) is 0 Å². The Morgan fingerprint density at radius 2 is 2.00 bits per heavy atom. The highest BCUT2D eigenvalue weighted by Gasteiger charge is 2.62. The highest BCUT2D eigenvalue weighted by atomic mass is 32.2. The summed E-state index contributed by atoms with van der Waals surface area (Å²) in [5.74, 6) is 0.820. The number of nitrogens with zero attached hydrogens (tertiary/aromatic N) is 2. The quantitative estimate of drug-likeness (QED) is 0.796. The molecule has 0 N–H and O–H groups in total. The lowest BCUT2D eigenvalue weighted by molar-refractivity contribution is -0.132. The Morgan fingerprint density at radius 3 is 2.67 bits per heavy atom. The summed E-state index contributed by atoms with van der Waals surface area (Å²) in [6, 6.07) is 0.0623. The van der Waals surface area contributed by atoms with Gasteiger partial charge in [0.1, 0.15) is 0 Å². The van der Waals surface area contributed by atoms with E-state index in [4.69, 9.17) is 4.74 Å². The van der Waals surface area contributed by atoms with Crippen molar-refractivity contribution in [3.8, 4) is 0 Å². The van der Waals surface area contributed by atoms with Crippen LogP contribution in [0.1, 0.15) is 40.0 Å². The third kappa shape index (κ3) is 2.35.